The molecule has 0 spiro atoms. The van der Waals surface area contributed by atoms with Crippen molar-refractivity contribution >= 4 is 13.3 Å². The summed E-state index contributed by atoms with van der Waals surface area (Å²) in [5, 5.41) is 23.8. The fourth-order valence-corrected chi connectivity index (χ4v) is 2.27. The first-order valence-electron chi connectivity index (χ1n) is 6.01. The Kier molecular flexibility index (Phi) is 4.47. The van der Waals surface area contributed by atoms with E-state index in [4.69, 9.17) is 19.9 Å². The largest absolute Gasteiger partial charge is 0.396 e. The first kappa shape index (κ1) is 16.1. The number of ether oxygens (including phenoxy) is 1. The molecule has 21 heavy (non-hydrogen) atoms. The normalized spacial score (nSPS) is 32.0. The number of nitrogens with two attached hydrogens (primary N) is 1. The van der Waals surface area contributed by atoms with E-state index in [1.54, 1.807) is 0 Å². The van der Waals surface area contributed by atoms with Crippen LogP contribution in [0.4, 0.5) is 0 Å². The van der Waals surface area contributed by atoms with E-state index in [1.165, 1.54) is 11.0 Å². The van der Waals surface area contributed by atoms with Gasteiger partial charge < -0.3 is 30.1 Å². The summed E-state index contributed by atoms with van der Waals surface area (Å²) in [5.74, 6) is 0.174. The van der Waals surface area contributed by atoms with Gasteiger partial charge in [-0.1, -0.05) is 6.58 Å². The molecule has 1 aromatic heterocycles. The minimum Gasteiger partial charge on any atom is -0.396 e. The molecular formula is C10H17N4O6P. The van der Waals surface area contributed by atoms with Crippen molar-refractivity contribution in [3.05, 3.63) is 18.7 Å². The van der Waals surface area contributed by atoms with E-state index in [1.807, 2.05) is 0 Å². The van der Waals surface area contributed by atoms with Crippen LogP contribution >= 0.6 is 7.60 Å². The number of aromatic nitrogens is 3. The lowest BCUT2D eigenvalue weighted by atomic mass is 10.1. The molecule has 1 aliphatic heterocycles. The Balaban J connectivity index is 2.08. The van der Waals surface area contributed by atoms with Gasteiger partial charge >= 0.3 is 7.60 Å². The molecule has 1 saturated heterocycles. The molecule has 0 aromatic carbocycles. The lowest BCUT2D eigenvalue weighted by Gasteiger charge is -2.15. The molecule has 0 bridgehead atoms. The van der Waals surface area contributed by atoms with Gasteiger partial charge in [0.25, 0.3) is 0 Å². The molecule has 11 heteroatoms. The van der Waals surface area contributed by atoms with Crippen LogP contribution in [-0.2, 0) is 13.8 Å². The highest BCUT2D eigenvalue weighted by Crippen LogP contribution is 2.38. The van der Waals surface area contributed by atoms with Crippen molar-refractivity contribution in [1.29, 1.82) is 0 Å². The highest BCUT2D eigenvalue weighted by atomic mass is 31.2. The van der Waals surface area contributed by atoms with Gasteiger partial charge in [-0.15, -0.1) is 5.10 Å². The predicted octanol–water partition coefficient (Wildman–Crippen LogP) is -1.34. The zero-order chi connectivity index (χ0) is 15.8. The Labute approximate surface area is 120 Å². The molecule has 0 amide bonds. The average molecular weight is 320 g/mol. The summed E-state index contributed by atoms with van der Waals surface area (Å²) in [6.07, 6.45) is -3.30. The van der Waals surface area contributed by atoms with E-state index >= 15 is 0 Å². The number of aliphatic hydroxyl groups is 2. The molecule has 2 rings (SSSR count). The Morgan fingerprint density at radius 3 is 2.81 bits per heavy atom. The summed E-state index contributed by atoms with van der Waals surface area (Å²) in [4.78, 5) is 12.9. The van der Waals surface area contributed by atoms with Crippen LogP contribution in [0.5, 0.6) is 0 Å². The summed E-state index contributed by atoms with van der Waals surface area (Å²) in [7, 11) is -3.70. The van der Waals surface area contributed by atoms with Crippen LogP contribution in [0.25, 0.3) is 5.70 Å². The number of nitrogens with zero attached hydrogens (tertiary/aromatic N) is 3. The summed E-state index contributed by atoms with van der Waals surface area (Å²) < 4.78 is 22.3. The van der Waals surface area contributed by atoms with E-state index in [2.05, 4.69) is 16.7 Å². The maximum Gasteiger partial charge on any atom is 0.325 e. The molecule has 10 nitrogen and oxygen atoms in total. The number of aliphatic hydroxyl groups excluding tert-OH is 2. The summed E-state index contributed by atoms with van der Waals surface area (Å²) in [5.41, 5.74) is 5.59. The van der Waals surface area contributed by atoms with E-state index in [9.17, 15) is 14.8 Å². The summed E-state index contributed by atoms with van der Waals surface area (Å²) >= 11 is 0. The Bertz CT molecular complexity index is 572. The maximum absolute atomic E-state index is 11.1. The van der Waals surface area contributed by atoms with Crippen molar-refractivity contribution in [2.45, 2.75) is 24.5 Å². The SMILES string of the molecule is C=C(N)c1ncn([C@@H]2O[C@H](COP(C)(=O)O)[C@@H](O)[C@H]2O)n1. The third-order valence-electron chi connectivity index (χ3n) is 2.87. The van der Waals surface area contributed by atoms with Crippen LogP contribution in [0.1, 0.15) is 12.1 Å². The molecule has 5 atom stereocenters. The summed E-state index contributed by atoms with van der Waals surface area (Å²) in [6, 6.07) is 0. The molecule has 5 N–H and O–H groups in total. The lowest BCUT2D eigenvalue weighted by Crippen LogP contribution is -2.33. The minimum atomic E-state index is -3.70. The summed E-state index contributed by atoms with van der Waals surface area (Å²) in [6.45, 7) is 4.15. The van der Waals surface area contributed by atoms with Crippen molar-refractivity contribution in [2.75, 3.05) is 13.3 Å². The second kappa shape index (κ2) is 5.84. The average Bonchev–Trinajstić information content (AvgIpc) is 2.94. The first-order valence-corrected chi connectivity index (χ1v) is 8.04. The van der Waals surface area contributed by atoms with Crippen molar-refractivity contribution in [1.82, 2.24) is 14.8 Å². The van der Waals surface area contributed by atoms with Crippen LogP contribution in [0.3, 0.4) is 0 Å². The third-order valence-corrected chi connectivity index (χ3v) is 3.50. The van der Waals surface area contributed by atoms with Crippen molar-refractivity contribution < 1.29 is 28.9 Å². The highest BCUT2D eigenvalue weighted by molar-refractivity contribution is 7.51. The molecule has 2 heterocycles. The highest BCUT2D eigenvalue weighted by Gasteiger charge is 2.44. The van der Waals surface area contributed by atoms with E-state index in [0.717, 1.165) is 6.66 Å². The van der Waals surface area contributed by atoms with Crippen LogP contribution in [-0.4, -0.2) is 61.5 Å². The number of hydrogen-bond donors (Lipinski definition) is 4. The van der Waals surface area contributed by atoms with Crippen molar-refractivity contribution in [3.8, 4) is 0 Å². The molecule has 0 aliphatic carbocycles. The van der Waals surface area contributed by atoms with Gasteiger partial charge in [-0.05, 0) is 0 Å². The molecular weight excluding hydrogens is 303 g/mol. The van der Waals surface area contributed by atoms with E-state index in [0.29, 0.717) is 0 Å². The van der Waals surface area contributed by atoms with Crippen LogP contribution in [0, 0.1) is 0 Å². The van der Waals surface area contributed by atoms with Crippen LogP contribution in [0.15, 0.2) is 12.9 Å². The van der Waals surface area contributed by atoms with Gasteiger partial charge in [-0.25, -0.2) is 9.67 Å². The smallest absolute Gasteiger partial charge is 0.325 e. The molecule has 1 aliphatic rings. The quantitative estimate of drug-likeness (QED) is 0.483. The Morgan fingerprint density at radius 2 is 2.29 bits per heavy atom. The van der Waals surface area contributed by atoms with Crippen LogP contribution in [0.2, 0.25) is 0 Å². The molecule has 1 fully saturated rings. The van der Waals surface area contributed by atoms with Crippen molar-refractivity contribution in [3.63, 3.8) is 0 Å². The standard InChI is InChI=1S/C10H17N4O6P/c1-5(11)9-12-4-14(13-9)10-8(16)7(15)6(20-10)3-19-21(2,17)18/h4,6-8,10,15-16H,1,3,11H2,2H3,(H,17,18)/t6-,7-,8-,10-/m1/s1. The minimum absolute atomic E-state index is 0.147. The zero-order valence-corrected chi connectivity index (χ0v) is 12.1. The van der Waals surface area contributed by atoms with Gasteiger partial charge in [0.15, 0.2) is 12.1 Å². The topological polar surface area (TPSA) is 153 Å². The Morgan fingerprint density at radius 1 is 1.62 bits per heavy atom. The monoisotopic (exact) mass is 320 g/mol. The van der Waals surface area contributed by atoms with Crippen molar-refractivity contribution in [2.24, 2.45) is 5.73 Å². The number of hydrogen-bond acceptors (Lipinski definition) is 8. The zero-order valence-electron chi connectivity index (χ0n) is 11.2. The van der Waals surface area contributed by atoms with Gasteiger partial charge in [-0.2, -0.15) is 0 Å². The third kappa shape index (κ3) is 3.67. The van der Waals surface area contributed by atoms with E-state index < -0.39 is 32.1 Å². The van der Waals surface area contributed by atoms with Gasteiger partial charge in [-0.3, -0.25) is 4.57 Å². The maximum atomic E-state index is 11.1. The second-order valence-electron chi connectivity index (χ2n) is 4.72. The molecule has 0 radical (unpaired) electrons. The van der Waals surface area contributed by atoms with Gasteiger partial charge in [0.2, 0.25) is 0 Å². The fourth-order valence-electron chi connectivity index (χ4n) is 1.84. The van der Waals surface area contributed by atoms with Gasteiger partial charge in [0.05, 0.1) is 12.3 Å². The second-order valence-corrected chi connectivity index (χ2v) is 6.58. The first-order chi connectivity index (χ1) is 9.69. The van der Waals surface area contributed by atoms with Gasteiger partial charge in [0.1, 0.15) is 24.6 Å². The molecule has 118 valence electrons. The molecule has 1 unspecified atom stereocenters. The fraction of sp³-hybridized carbons (Fsp3) is 0.600. The van der Waals surface area contributed by atoms with E-state index in [-0.39, 0.29) is 18.1 Å². The van der Waals surface area contributed by atoms with Gasteiger partial charge in [0, 0.05) is 6.66 Å². The molecule has 1 aromatic rings. The predicted molar refractivity (Wildman–Crippen MR) is 70.9 cm³/mol. The molecule has 0 saturated carbocycles. The number of rotatable bonds is 5. The lowest BCUT2D eigenvalue weighted by molar-refractivity contribution is -0.0563. The van der Waals surface area contributed by atoms with Crippen LogP contribution < -0.4 is 5.73 Å². The Hall–Kier alpha value is -1.29.